The minimum atomic E-state index is 0.0285. The van der Waals surface area contributed by atoms with Crippen LogP contribution in [0, 0.1) is 0 Å². The van der Waals surface area contributed by atoms with Crippen LogP contribution in [0.3, 0.4) is 0 Å². The number of nitrogens with zero attached hydrogens (tertiary/aromatic N) is 1. The van der Waals surface area contributed by atoms with Crippen LogP contribution < -0.4 is 4.74 Å². The number of carbonyl (C=O) groups excluding carboxylic acids is 1. The topological polar surface area (TPSA) is 38.8 Å². The first-order valence-corrected chi connectivity index (χ1v) is 6.39. The van der Waals surface area contributed by atoms with Crippen LogP contribution >= 0.6 is 11.6 Å². The highest BCUT2D eigenvalue weighted by molar-refractivity contribution is 6.30. The van der Waals surface area contributed by atoms with Crippen LogP contribution in [-0.2, 0) is 9.53 Å². The van der Waals surface area contributed by atoms with Gasteiger partial charge in [0.1, 0.15) is 5.75 Å². The van der Waals surface area contributed by atoms with E-state index < -0.39 is 0 Å². The van der Waals surface area contributed by atoms with E-state index in [-0.39, 0.29) is 24.7 Å². The van der Waals surface area contributed by atoms with Gasteiger partial charge in [0, 0.05) is 11.6 Å². The molecule has 3 rings (SSSR count). The lowest BCUT2D eigenvalue weighted by Gasteiger charge is -2.26. The van der Waals surface area contributed by atoms with Crippen LogP contribution in [-0.4, -0.2) is 42.7 Å². The van der Waals surface area contributed by atoms with E-state index in [1.54, 1.807) is 24.3 Å². The molecule has 2 saturated heterocycles. The van der Waals surface area contributed by atoms with Crippen LogP contribution in [0.25, 0.3) is 0 Å². The van der Waals surface area contributed by atoms with Gasteiger partial charge in [0.2, 0.25) is 0 Å². The molecule has 4 nitrogen and oxygen atoms in total. The van der Waals surface area contributed by atoms with Gasteiger partial charge >= 0.3 is 0 Å². The third-order valence-electron chi connectivity index (χ3n) is 3.40. The molecule has 2 aliphatic rings. The molecule has 0 N–H and O–H groups in total. The Hall–Kier alpha value is -1.26. The fraction of sp³-hybridized carbons (Fsp3) is 0.462. The van der Waals surface area contributed by atoms with E-state index >= 15 is 0 Å². The lowest BCUT2D eigenvalue weighted by atomic mass is 10.2. The highest BCUT2D eigenvalue weighted by Crippen LogP contribution is 2.27. The molecule has 1 aromatic carbocycles. The molecule has 5 heteroatoms. The summed E-state index contributed by atoms with van der Waals surface area (Å²) in [6.07, 6.45) is 1.20. The van der Waals surface area contributed by atoms with E-state index in [0.717, 1.165) is 6.42 Å². The SMILES string of the molecule is O=C(COc1ccc(Cl)cc1)N1CC2CC1CO2. The van der Waals surface area contributed by atoms with Gasteiger partial charge in [-0.1, -0.05) is 11.6 Å². The van der Waals surface area contributed by atoms with Gasteiger partial charge < -0.3 is 14.4 Å². The maximum absolute atomic E-state index is 12.0. The molecule has 2 atom stereocenters. The zero-order chi connectivity index (χ0) is 12.5. The summed E-state index contributed by atoms with van der Waals surface area (Å²) < 4.78 is 10.9. The number of morpholine rings is 1. The largest absolute Gasteiger partial charge is 0.484 e. The number of hydrogen-bond donors (Lipinski definition) is 0. The standard InChI is InChI=1S/C13H14ClNO3/c14-9-1-3-11(4-2-9)18-8-13(16)15-6-12-5-10(15)7-17-12/h1-4,10,12H,5-8H2. The Labute approximate surface area is 110 Å². The van der Waals surface area contributed by atoms with Crippen molar-refractivity contribution in [2.75, 3.05) is 19.8 Å². The van der Waals surface area contributed by atoms with E-state index in [4.69, 9.17) is 21.1 Å². The van der Waals surface area contributed by atoms with Crippen LogP contribution in [0.4, 0.5) is 0 Å². The van der Waals surface area contributed by atoms with Crippen LogP contribution in [0.2, 0.25) is 5.02 Å². The maximum atomic E-state index is 12.0. The maximum Gasteiger partial charge on any atom is 0.260 e. The normalized spacial score (nSPS) is 25.5. The molecule has 2 bridgehead atoms. The van der Waals surface area contributed by atoms with E-state index in [0.29, 0.717) is 23.9 Å². The second-order valence-corrected chi connectivity index (χ2v) is 5.07. The van der Waals surface area contributed by atoms with Crippen LogP contribution in [0.1, 0.15) is 6.42 Å². The molecule has 0 spiro atoms. The Kier molecular flexibility index (Phi) is 3.14. The molecule has 1 aromatic rings. The van der Waals surface area contributed by atoms with Gasteiger partial charge in [-0.25, -0.2) is 0 Å². The fourth-order valence-electron chi connectivity index (χ4n) is 2.46. The molecule has 0 radical (unpaired) electrons. The zero-order valence-electron chi connectivity index (χ0n) is 9.84. The lowest BCUT2D eigenvalue weighted by molar-refractivity contribution is -0.137. The minimum Gasteiger partial charge on any atom is -0.484 e. The minimum absolute atomic E-state index is 0.0285. The number of halogens is 1. The van der Waals surface area contributed by atoms with Crippen molar-refractivity contribution in [3.05, 3.63) is 29.3 Å². The third-order valence-corrected chi connectivity index (χ3v) is 3.65. The zero-order valence-corrected chi connectivity index (χ0v) is 10.6. The van der Waals surface area contributed by atoms with Crippen LogP contribution in [0.5, 0.6) is 5.75 Å². The van der Waals surface area contributed by atoms with Crippen LogP contribution in [0.15, 0.2) is 24.3 Å². The van der Waals surface area contributed by atoms with Gasteiger partial charge in [0.25, 0.3) is 5.91 Å². The molecular formula is C13H14ClNO3. The highest BCUT2D eigenvalue weighted by Gasteiger charge is 2.41. The Balaban J connectivity index is 1.54. The summed E-state index contributed by atoms with van der Waals surface area (Å²) in [5.41, 5.74) is 0. The van der Waals surface area contributed by atoms with Gasteiger partial charge in [-0.2, -0.15) is 0 Å². The van der Waals surface area contributed by atoms with Gasteiger partial charge in [-0.05, 0) is 30.7 Å². The Morgan fingerprint density at radius 1 is 1.44 bits per heavy atom. The molecule has 18 heavy (non-hydrogen) atoms. The van der Waals surface area contributed by atoms with Crippen molar-refractivity contribution in [2.45, 2.75) is 18.6 Å². The summed E-state index contributed by atoms with van der Waals surface area (Å²) in [5.74, 6) is 0.689. The number of fused-ring (bicyclic) bond motifs is 2. The molecule has 2 unspecified atom stereocenters. The first kappa shape index (κ1) is 11.8. The number of hydrogen-bond acceptors (Lipinski definition) is 3. The summed E-state index contributed by atoms with van der Waals surface area (Å²) in [5, 5.41) is 0.655. The molecule has 2 aliphatic heterocycles. The quantitative estimate of drug-likeness (QED) is 0.837. The van der Waals surface area contributed by atoms with Crippen molar-refractivity contribution < 1.29 is 14.3 Å². The van der Waals surface area contributed by atoms with Crippen molar-refractivity contribution in [3.63, 3.8) is 0 Å². The summed E-state index contributed by atoms with van der Waals surface area (Å²) in [7, 11) is 0. The predicted molar refractivity (Wildman–Crippen MR) is 66.8 cm³/mol. The molecule has 0 saturated carbocycles. The molecule has 0 aliphatic carbocycles. The average molecular weight is 268 g/mol. The van der Waals surface area contributed by atoms with Crippen molar-refractivity contribution in [1.29, 1.82) is 0 Å². The summed E-state index contributed by atoms with van der Waals surface area (Å²) >= 11 is 5.78. The second-order valence-electron chi connectivity index (χ2n) is 4.63. The third kappa shape index (κ3) is 2.31. The van der Waals surface area contributed by atoms with Gasteiger partial charge in [0.05, 0.1) is 18.8 Å². The Bertz CT molecular complexity index is 448. The number of ether oxygens (including phenoxy) is 2. The monoisotopic (exact) mass is 267 g/mol. The summed E-state index contributed by atoms with van der Waals surface area (Å²) in [6.45, 7) is 1.44. The van der Waals surface area contributed by atoms with Gasteiger partial charge in [-0.3, -0.25) is 4.79 Å². The Morgan fingerprint density at radius 2 is 2.22 bits per heavy atom. The number of carbonyl (C=O) groups is 1. The van der Waals surface area contributed by atoms with Gasteiger partial charge in [-0.15, -0.1) is 0 Å². The predicted octanol–water partition coefficient (Wildman–Crippen LogP) is 1.72. The van der Waals surface area contributed by atoms with Crippen molar-refractivity contribution in [1.82, 2.24) is 4.90 Å². The fourth-order valence-corrected chi connectivity index (χ4v) is 2.59. The number of rotatable bonds is 3. The van der Waals surface area contributed by atoms with Crippen molar-refractivity contribution in [2.24, 2.45) is 0 Å². The van der Waals surface area contributed by atoms with Crippen molar-refractivity contribution >= 4 is 17.5 Å². The summed E-state index contributed by atoms with van der Waals surface area (Å²) in [4.78, 5) is 13.9. The van der Waals surface area contributed by atoms with E-state index in [1.165, 1.54) is 0 Å². The lowest BCUT2D eigenvalue weighted by Crippen LogP contribution is -2.43. The average Bonchev–Trinajstić information content (AvgIpc) is 3.00. The number of amides is 1. The summed E-state index contributed by atoms with van der Waals surface area (Å²) in [6, 6.07) is 7.25. The van der Waals surface area contributed by atoms with Gasteiger partial charge in [0.15, 0.2) is 6.61 Å². The van der Waals surface area contributed by atoms with Crippen molar-refractivity contribution in [3.8, 4) is 5.75 Å². The first-order valence-electron chi connectivity index (χ1n) is 6.02. The molecule has 2 heterocycles. The molecule has 0 aromatic heterocycles. The highest BCUT2D eigenvalue weighted by atomic mass is 35.5. The van der Waals surface area contributed by atoms with E-state index in [2.05, 4.69) is 0 Å². The molecule has 2 fully saturated rings. The number of likely N-dealkylation sites (tertiary alicyclic amines) is 1. The number of benzene rings is 1. The molecule has 1 amide bonds. The molecule has 96 valence electrons. The molecular weight excluding hydrogens is 254 g/mol. The second kappa shape index (κ2) is 4.78. The van der Waals surface area contributed by atoms with E-state index in [9.17, 15) is 4.79 Å². The Morgan fingerprint density at radius 3 is 2.83 bits per heavy atom. The first-order chi connectivity index (χ1) is 8.72. The smallest absolute Gasteiger partial charge is 0.260 e. The van der Waals surface area contributed by atoms with E-state index in [1.807, 2.05) is 4.90 Å².